The topological polar surface area (TPSA) is 72.2 Å². The Kier molecular flexibility index (Phi) is 4.98. The first kappa shape index (κ1) is 14.9. The predicted octanol–water partition coefficient (Wildman–Crippen LogP) is 1.47. The van der Waals surface area contributed by atoms with Gasteiger partial charge in [0.25, 0.3) is 0 Å². The highest BCUT2D eigenvalue weighted by atomic mass is 32.2. The lowest BCUT2D eigenvalue weighted by atomic mass is 9.87. The number of sulfonamides is 1. The third-order valence-corrected chi connectivity index (χ3v) is 5.09. The number of hydrogen-bond acceptors (Lipinski definition) is 3. The summed E-state index contributed by atoms with van der Waals surface area (Å²) in [6, 6.07) is 0.116. The zero-order valence-electron chi connectivity index (χ0n) is 11.2. The third kappa shape index (κ3) is 5.84. The summed E-state index contributed by atoms with van der Waals surface area (Å²) in [6.45, 7) is 6.55. The first-order valence-corrected chi connectivity index (χ1v) is 8.07. The van der Waals surface area contributed by atoms with E-state index >= 15 is 0 Å². The molecule has 102 valence electrons. The standard InChI is InChI=1S/C12H26N2O2S/c1-12(2,3)9-17(15,16)14-11-6-4-10(8-13)5-7-11/h10-11,14H,4-9,13H2,1-3H3. The normalized spacial score (nSPS) is 27.1. The minimum absolute atomic E-state index is 0.116. The minimum Gasteiger partial charge on any atom is -0.330 e. The van der Waals surface area contributed by atoms with E-state index in [1.54, 1.807) is 0 Å². The Morgan fingerprint density at radius 3 is 2.12 bits per heavy atom. The van der Waals surface area contributed by atoms with Crippen LogP contribution in [0.25, 0.3) is 0 Å². The molecule has 0 atom stereocenters. The van der Waals surface area contributed by atoms with Crippen molar-refractivity contribution in [3.05, 3.63) is 0 Å². The van der Waals surface area contributed by atoms with Gasteiger partial charge in [-0.3, -0.25) is 0 Å². The molecule has 0 aromatic carbocycles. The molecule has 1 rings (SSSR count). The molecule has 0 saturated heterocycles. The molecule has 0 aliphatic heterocycles. The van der Waals surface area contributed by atoms with E-state index in [-0.39, 0.29) is 17.2 Å². The largest absolute Gasteiger partial charge is 0.330 e. The summed E-state index contributed by atoms with van der Waals surface area (Å²) in [7, 11) is -3.14. The molecule has 0 spiro atoms. The van der Waals surface area contributed by atoms with Crippen LogP contribution in [-0.2, 0) is 10.0 Å². The number of hydrogen-bond donors (Lipinski definition) is 2. The molecular weight excluding hydrogens is 236 g/mol. The quantitative estimate of drug-likeness (QED) is 0.806. The zero-order valence-corrected chi connectivity index (χ0v) is 12.0. The first-order valence-electron chi connectivity index (χ1n) is 6.42. The highest BCUT2D eigenvalue weighted by Crippen LogP contribution is 2.24. The molecule has 1 aliphatic rings. The minimum atomic E-state index is -3.14. The number of nitrogens with one attached hydrogen (secondary N) is 1. The first-order chi connectivity index (χ1) is 7.72. The van der Waals surface area contributed by atoms with Crippen molar-refractivity contribution < 1.29 is 8.42 Å². The molecule has 17 heavy (non-hydrogen) atoms. The van der Waals surface area contributed by atoms with Crippen LogP contribution in [0.15, 0.2) is 0 Å². The third-order valence-electron chi connectivity index (χ3n) is 3.15. The van der Waals surface area contributed by atoms with Gasteiger partial charge in [0, 0.05) is 6.04 Å². The van der Waals surface area contributed by atoms with Crippen molar-refractivity contribution >= 4 is 10.0 Å². The molecule has 4 nitrogen and oxygen atoms in total. The van der Waals surface area contributed by atoms with E-state index in [0.717, 1.165) is 32.2 Å². The molecule has 0 radical (unpaired) electrons. The average molecular weight is 262 g/mol. The van der Waals surface area contributed by atoms with Crippen LogP contribution < -0.4 is 10.5 Å². The summed E-state index contributed by atoms with van der Waals surface area (Å²) < 4.78 is 26.7. The molecular formula is C12H26N2O2S. The lowest BCUT2D eigenvalue weighted by Gasteiger charge is -2.29. The summed E-state index contributed by atoms with van der Waals surface area (Å²) in [5, 5.41) is 0. The molecule has 3 N–H and O–H groups in total. The average Bonchev–Trinajstić information content (AvgIpc) is 2.14. The second kappa shape index (κ2) is 5.67. The van der Waals surface area contributed by atoms with Gasteiger partial charge in [0.2, 0.25) is 10.0 Å². The fourth-order valence-electron chi connectivity index (χ4n) is 2.38. The Hall–Kier alpha value is -0.130. The van der Waals surface area contributed by atoms with Crippen LogP contribution in [0.1, 0.15) is 46.5 Å². The Labute approximate surface area is 105 Å². The van der Waals surface area contributed by atoms with Crippen molar-refractivity contribution in [2.75, 3.05) is 12.3 Å². The van der Waals surface area contributed by atoms with Crippen LogP contribution in [0.4, 0.5) is 0 Å². The van der Waals surface area contributed by atoms with E-state index in [9.17, 15) is 8.42 Å². The maximum Gasteiger partial charge on any atom is 0.212 e. The molecule has 1 fully saturated rings. The van der Waals surface area contributed by atoms with Crippen LogP contribution in [-0.4, -0.2) is 26.8 Å². The van der Waals surface area contributed by atoms with Gasteiger partial charge in [-0.1, -0.05) is 20.8 Å². The zero-order chi connectivity index (χ0) is 13.1. The predicted molar refractivity (Wildman–Crippen MR) is 71.2 cm³/mol. The number of nitrogens with two attached hydrogens (primary N) is 1. The molecule has 1 saturated carbocycles. The second-order valence-electron chi connectivity index (χ2n) is 6.39. The van der Waals surface area contributed by atoms with E-state index in [1.165, 1.54) is 0 Å². The van der Waals surface area contributed by atoms with E-state index in [1.807, 2.05) is 20.8 Å². The molecule has 0 bridgehead atoms. The molecule has 0 amide bonds. The van der Waals surface area contributed by atoms with Crippen molar-refractivity contribution in [2.24, 2.45) is 17.1 Å². The monoisotopic (exact) mass is 262 g/mol. The van der Waals surface area contributed by atoms with Gasteiger partial charge in [0.05, 0.1) is 5.75 Å². The van der Waals surface area contributed by atoms with Crippen molar-refractivity contribution in [3.8, 4) is 0 Å². The van der Waals surface area contributed by atoms with Gasteiger partial charge < -0.3 is 5.73 Å². The fraction of sp³-hybridized carbons (Fsp3) is 1.00. The van der Waals surface area contributed by atoms with E-state index in [0.29, 0.717) is 5.92 Å². The van der Waals surface area contributed by atoms with Crippen LogP contribution >= 0.6 is 0 Å². The van der Waals surface area contributed by atoms with Gasteiger partial charge >= 0.3 is 0 Å². The summed E-state index contributed by atoms with van der Waals surface area (Å²) >= 11 is 0. The van der Waals surface area contributed by atoms with Crippen molar-refractivity contribution in [1.29, 1.82) is 0 Å². The van der Waals surface area contributed by atoms with Crippen LogP contribution in [0.2, 0.25) is 0 Å². The summed E-state index contributed by atoms with van der Waals surface area (Å²) in [4.78, 5) is 0. The molecule has 0 aromatic rings. The van der Waals surface area contributed by atoms with Crippen molar-refractivity contribution in [3.63, 3.8) is 0 Å². The Morgan fingerprint density at radius 2 is 1.71 bits per heavy atom. The van der Waals surface area contributed by atoms with Crippen LogP contribution in [0.3, 0.4) is 0 Å². The molecule has 0 aromatic heterocycles. The van der Waals surface area contributed by atoms with Crippen LogP contribution in [0.5, 0.6) is 0 Å². The maximum atomic E-state index is 11.9. The Morgan fingerprint density at radius 1 is 1.18 bits per heavy atom. The Balaban J connectivity index is 2.44. The van der Waals surface area contributed by atoms with Gasteiger partial charge in [-0.15, -0.1) is 0 Å². The second-order valence-corrected chi connectivity index (χ2v) is 8.14. The van der Waals surface area contributed by atoms with E-state index in [4.69, 9.17) is 5.73 Å². The van der Waals surface area contributed by atoms with Gasteiger partial charge in [-0.2, -0.15) is 0 Å². The van der Waals surface area contributed by atoms with Gasteiger partial charge in [-0.05, 0) is 43.6 Å². The maximum absolute atomic E-state index is 11.9. The molecule has 0 heterocycles. The molecule has 5 heteroatoms. The molecule has 1 aliphatic carbocycles. The lowest BCUT2D eigenvalue weighted by Crippen LogP contribution is -2.41. The van der Waals surface area contributed by atoms with Gasteiger partial charge in [0.1, 0.15) is 0 Å². The highest BCUT2D eigenvalue weighted by Gasteiger charge is 2.27. The summed E-state index contributed by atoms with van der Waals surface area (Å²) in [5.74, 6) is 0.773. The van der Waals surface area contributed by atoms with Crippen LogP contribution in [0, 0.1) is 11.3 Å². The van der Waals surface area contributed by atoms with E-state index < -0.39 is 10.0 Å². The highest BCUT2D eigenvalue weighted by molar-refractivity contribution is 7.89. The van der Waals surface area contributed by atoms with Gasteiger partial charge in [-0.25, -0.2) is 13.1 Å². The summed E-state index contributed by atoms with van der Waals surface area (Å²) in [5.41, 5.74) is 5.43. The smallest absolute Gasteiger partial charge is 0.212 e. The number of rotatable bonds is 4. The van der Waals surface area contributed by atoms with Gasteiger partial charge in [0.15, 0.2) is 0 Å². The molecule has 0 unspecified atom stereocenters. The fourth-order valence-corrected chi connectivity index (χ4v) is 4.35. The van der Waals surface area contributed by atoms with E-state index in [2.05, 4.69) is 4.72 Å². The summed E-state index contributed by atoms with van der Waals surface area (Å²) in [6.07, 6.45) is 3.93. The SMILES string of the molecule is CC(C)(C)CS(=O)(=O)NC1CCC(CN)CC1. The lowest BCUT2D eigenvalue weighted by molar-refractivity contribution is 0.318. The Bertz CT molecular complexity index is 325. The van der Waals surface area contributed by atoms with Crippen molar-refractivity contribution in [1.82, 2.24) is 4.72 Å². The van der Waals surface area contributed by atoms with Crippen molar-refractivity contribution in [2.45, 2.75) is 52.5 Å².